The highest BCUT2D eigenvalue weighted by atomic mass is 16.6. The molecule has 0 saturated carbocycles. The van der Waals surface area contributed by atoms with Crippen molar-refractivity contribution in [3.05, 3.63) is 72.9 Å². The molecule has 0 amide bonds. The molecule has 1 atom stereocenters. The highest BCUT2D eigenvalue weighted by Crippen LogP contribution is 2.35. The Morgan fingerprint density at radius 1 is 1.09 bits per heavy atom. The maximum atomic E-state index is 12.3. The molecular formula is C29H33NO4. The van der Waals surface area contributed by atoms with Gasteiger partial charge in [-0.2, -0.15) is 0 Å². The minimum atomic E-state index is -0.722. The SMILES string of the molecule is C=Cc1nc2ccccc2c(-c2ccc(OCC(=O)OC(C)(C)COC(C)CC)cc2)c1C=C. The van der Waals surface area contributed by atoms with Crippen molar-refractivity contribution in [1.82, 2.24) is 4.98 Å². The van der Waals surface area contributed by atoms with Crippen LogP contribution in [0, 0.1) is 0 Å². The number of hydrogen-bond donors (Lipinski definition) is 0. The lowest BCUT2D eigenvalue weighted by Gasteiger charge is -2.26. The number of aromatic nitrogens is 1. The first-order valence-electron chi connectivity index (χ1n) is 11.5. The zero-order chi connectivity index (χ0) is 24.7. The van der Waals surface area contributed by atoms with Crippen molar-refractivity contribution in [2.45, 2.75) is 45.8 Å². The number of hydrogen-bond acceptors (Lipinski definition) is 5. The quantitative estimate of drug-likeness (QED) is 0.299. The average Bonchev–Trinajstić information content (AvgIpc) is 2.84. The van der Waals surface area contributed by atoms with Gasteiger partial charge < -0.3 is 14.2 Å². The van der Waals surface area contributed by atoms with E-state index in [4.69, 9.17) is 19.2 Å². The summed E-state index contributed by atoms with van der Waals surface area (Å²) in [7, 11) is 0. The fraction of sp³-hybridized carbons (Fsp3) is 0.310. The van der Waals surface area contributed by atoms with Crippen LogP contribution in [-0.2, 0) is 14.3 Å². The molecule has 0 aliphatic rings. The molecule has 1 heterocycles. The number of ether oxygens (including phenoxy) is 3. The molecule has 0 spiro atoms. The molecule has 34 heavy (non-hydrogen) atoms. The second-order valence-electron chi connectivity index (χ2n) is 8.79. The van der Waals surface area contributed by atoms with Gasteiger partial charge in [0.2, 0.25) is 0 Å². The Morgan fingerprint density at radius 2 is 1.79 bits per heavy atom. The first-order chi connectivity index (χ1) is 16.3. The van der Waals surface area contributed by atoms with Gasteiger partial charge in [0.15, 0.2) is 6.61 Å². The topological polar surface area (TPSA) is 57.7 Å². The van der Waals surface area contributed by atoms with Crippen molar-refractivity contribution in [3.63, 3.8) is 0 Å². The lowest BCUT2D eigenvalue weighted by Crippen LogP contribution is -2.36. The lowest BCUT2D eigenvalue weighted by molar-refractivity contribution is -0.166. The number of carbonyl (C=O) groups excluding carboxylic acids is 1. The van der Waals surface area contributed by atoms with E-state index in [0.717, 1.165) is 39.7 Å². The van der Waals surface area contributed by atoms with Crippen LogP contribution in [0.15, 0.2) is 61.7 Å². The highest BCUT2D eigenvalue weighted by Gasteiger charge is 2.24. The van der Waals surface area contributed by atoms with Crippen molar-refractivity contribution in [3.8, 4) is 16.9 Å². The van der Waals surface area contributed by atoms with Gasteiger partial charge in [0.1, 0.15) is 11.4 Å². The number of benzene rings is 2. The largest absolute Gasteiger partial charge is 0.482 e. The van der Waals surface area contributed by atoms with Gasteiger partial charge in [-0.1, -0.05) is 56.5 Å². The molecule has 0 aliphatic carbocycles. The van der Waals surface area contributed by atoms with Crippen LogP contribution in [0.1, 0.15) is 45.4 Å². The number of rotatable bonds is 11. The monoisotopic (exact) mass is 459 g/mol. The normalized spacial score (nSPS) is 12.2. The standard InChI is InChI=1S/C29H33NO4/c1-7-20(4)33-19-29(5,6)34-27(31)18-32-22-16-14-21(15-17-22)28-23(8-2)25(9-3)30-26-13-11-10-12-24(26)28/h8-17,20H,2-3,7,18-19H2,1,4-6H3. The van der Waals surface area contributed by atoms with E-state index in [2.05, 4.69) is 20.1 Å². The van der Waals surface area contributed by atoms with Crippen molar-refractivity contribution in [1.29, 1.82) is 0 Å². The Labute approximate surface area is 202 Å². The number of carbonyl (C=O) groups is 1. The van der Waals surface area contributed by atoms with Crippen molar-refractivity contribution < 1.29 is 19.0 Å². The van der Waals surface area contributed by atoms with Crippen LogP contribution in [-0.4, -0.2) is 35.9 Å². The van der Waals surface area contributed by atoms with Gasteiger partial charge in [0.25, 0.3) is 0 Å². The zero-order valence-electron chi connectivity index (χ0n) is 20.5. The zero-order valence-corrected chi connectivity index (χ0v) is 20.5. The van der Waals surface area contributed by atoms with Crippen LogP contribution in [0.25, 0.3) is 34.2 Å². The number of para-hydroxylation sites is 1. The van der Waals surface area contributed by atoms with E-state index < -0.39 is 11.6 Å². The van der Waals surface area contributed by atoms with Crippen LogP contribution in [0.2, 0.25) is 0 Å². The van der Waals surface area contributed by atoms with Gasteiger partial charge in [-0.3, -0.25) is 0 Å². The highest BCUT2D eigenvalue weighted by molar-refractivity contribution is 6.00. The summed E-state index contributed by atoms with van der Waals surface area (Å²) in [6, 6.07) is 15.6. The third-order valence-electron chi connectivity index (χ3n) is 5.54. The minimum absolute atomic E-state index is 0.120. The maximum absolute atomic E-state index is 12.3. The molecule has 0 fully saturated rings. The number of fused-ring (bicyclic) bond motifs is 1. The van der Waals surface area contributed by atoms with Crippen LogP contribution < -0.4 is 4.74 Å². The van der Waals surface area contributed by atoms with Gasteiger partial charge in [0, 0.05) is 16.5 Å². The Balaban J connectivity index is 1.73. The molecular weight excluding hydrogens is 426 g/mol. The molecule has 0 N–H and O–H groups in total. The van der Waals surface area contributed by atoms with Crippen molar-refractivity contribution >= 4 is 29.0 Å². The Bertz CT molecular complexity index is 1160. The third kappa shape index (κ3) is 6.12. The average molecular weight is 460 g/mol. The smallest absolute Gasteiger partial charge is 0.344 e. The Morgan fingerprint density at radius 3 is 2.44 bits per heavy atom. The number of nitrogens with zero attached hydrogens (tertiary/aromatic N) is 1. The first-order valence-corrected chi connectivity index (χ1v) is 11.5. The fourth-order valence-electron chi connectivity index (χ4n) is 3.61. The molecule has 178 valence electrons. The molecule has 0 aliphatic heterocycles. The predicted octanol–water partition coefficient (Wildman–Crippen LogP) is 6.70. The summed E-state index contributed by atoms with van der Waals surface area (Å²) in [5.41, 5.74) is 3.90. The minimum Gasteiger partial charge on any atom is -0.482 e. The van der Waals surface area contributed by atoms with Crippen LogP contribution in [0.5, 0.6) is 5.75 Å². The lowest BCUT2D eigenvalue weighted by atomic mass is 9.94. The molecule has 0 bridgehead atoms. The summed E-state index contributed by atoms with van der Waals surface area (Å²) in [5, 5.41) is 1.03. The van der Waals surface area contributed by atoms with E-state index in [1.807, 2.05) is 69.3 Å². The van der Waals surface area contributed by atoms with Gasteiger partial charge in [-0.25, -0.2) is 9.78 Å². The van der Waals surface area contributed by atoms with Crippen molar-refractivity contribution in [2.75, 3.05) is 13.2 Å². The summed E-state index contributed by atoms with van der Waals surface area (Å²) in [6.07, 6.45) is 4.57. The van der Waals surface area contributed by atoms with E-state index in [1.165, 1.54) is 0 Å². The van der Waals surface area contributed by atoms with Crippen LogP contribution >= 0.6 is 0 Å². The first kappa shape index (κ1) is 25.2. The Kier molecular flexibility index (Phi) is 8.24. The molecule has 5 nitrogen and oxygen atoms in total. The van der Waals surface area contributed by atoms with E-state index in [9.17, 15) is 4.79 Å². The van der Waals surface area contributed by atoms with Crippen molar-refractivity contribution in [2.24, 2.45) is 0 Å². The maximum Gasteiger partial charge on any atom is 0.344 e. The summed E-state index contributed by atoms with van der Waals surface area (Å²) in [4.78, 5) is 17.0. The van der Waals surface area contributed by atoms with Gasteiger partial charge in [0.05, 0.1) is 23.9 Å². The molecule has 3 aromatic rings. The second kappa shape index (κ2) is 11.1. The summed E-state index contributed by atoms with van der Waals surface area (Å²) in [6.45, 7) is 15.7. The predicted molar refractivity (Wildman–Crippen MR) is 139 cm³/mol. The van der Waals surface area contributed by atoms with Crippen LogP contribution in [0.3, 0.4) is 0 Å². The molecule has 0 saturated heterocycles. The van der Waals surface area contributed by atoms with E-state index in [1.54, 1.807) is 12.2 Å². The summed E-state index contributed by atoms with van der Waals surface area (Å²) >= 11 is 0. The van der Waals surface area contributed by atoms with E-state index in [0.29, 0.717) is 12.4 Å². The molecule has 1 aromatic heterocycles. The Hall–Kier alpha value is -3.44. The molecule has 0 radical (unpaired) electrons. The van der Waals surface area contributed by atoms with Crippen LogP contribution in [0.4, 0.5) is 0 Å². The molecule has 5 heteroatoms. The second-order valence-corrected chi connectivity index (χ2v) is 8.79. The van der Waals surface area contributed by atoms with E-state index >= 15 is 0 Å². The van der Waals surface area contributed by atoms with E-state index in [-0.39, 0.29) is 12.7 Å². The van der Waals surface area contributed by atoms with Gasteiger partial charge >= 0.3 is 5.97 Å². The summed E-state index contributed by atoms with van der Waals surface area (Å²) < 4.78 is 16.9. The van der Waals surface area contributed by atoms with Gasteiger partial charge in [-0.05, 0) is 57.0 Å². The number of esters is 1. The fourth-order valence-corrected chi connectivity index (χ4v) is 3.61. The number of pyridine rings is 1. The molecule has 3 rings (SSSR count). The molecule has 1 unspecified atom stereocenters. The third-order valence-corrected chi connectivity index (χ3v) is 5.54. The summed E-state index contributed by atoms with van der Waals surface area (Å²) in [5.74, 6) is 0.142. The van der Waals surface area contributed by atoms with Gasteiger partial charge in [-0.15, -0.1) is 0 Å². The molecule has 2 aromatic carbocycles.